The van der Waals surface area contributed by atoms with Crippen molar-refractivity contribution in [2.24, 2.45) is 0 Å². The Hall–Kier alpha value is -2.59. The maximum atomic E-state index is 12.3. The standard InChI is InChI=1S/C15H15N5OS/c16-11-12-3-1-2-4-13(12)18-14(21)19-6-8-20(9-7-19)15-17-5-10-22-15/h1-5,10H,6-9H2,(H,18,21). The van der Waals surface area contributed by atoms with Crippen molar-refractivity contribution >= 4 is 28.2 Å². The van der Waals surface area contributed by atoms with Gasteiger partial charge in [-0.3, -0.25) is 0 Å². The van der Waals surface area contributed by atoms with E-state index in [-0.39, 0.29) is 6.03 Å². The second-order valence-corrected chi connectivity index (χ2v) is 5.75. The Morgan fingerprint density at radius 2 is 2.05 bits per heavy atom. The predicted molar refractivity (Wildman–Crippen MR) is 86.1 cm³/mol. The Bertz CT molecular complexity index is 686. The minimum atomic E-state index is -0.165. The molecular weight excluding hydrogens is 298 g/mol. The van der Waals surface area contributed by atoms with Crippen LogP contribution in [0.25, 0.3) is 0 Å². The van der Waals surface area contributed by atoms with E-state index in [0.29, 0.717) is 24.3 Å². The Morgan fingerprint density at radius 3 is 2.73 bits per heavy atom. The molecule has 0 unspecified atom stereocenters. The van der Waals surface area contributed by atoms with Crippen molar-refractivity contribution in [3.8, 4) is 6.07 Å². The highest BCUT2D eigenvalue weighted by molar-refractivity contribution is 7.13. The smallest absolute Gasteiger partial charge is 0.322 e. The topological polar surface area (TPSA) is 72.3 Å². The first-order valence-electron chi connectivity index (χ1n) is 6.97. The van der Waals surface area contributed by atoms with Crippen LogP contribution in [0.4, 0.5) is 15.6 Å². The van der Waals surface area contributed by atoms with Crippen molar-refractivity contribution in [1.29, 1.82) is 5.26 Å². The van der Waals surface area contributed by atoms with Crippen molar-refractivity contribution < 1.29 is 4.79 Å². The van der Waals surface area contributed by atoms with Gasteiger partial charge in [-0.05, 0) is 12.1 Å². The summed E-state index contributed by atoms with van der Waals surface area (Å²) in [7, 11) is 0. The lowest BCUT2D eigenvalue weighted by Gasteiger charge is -2.34. The number of hydrogen-bond acceptors (Lipinski definition) is 5. The molecule has 22 heavy (non-hydrogen) atoms. The van der Waals surface area contributed by atoms with E-state index in [9.17, 15) is 4.79 Å². The number of nitrogens with zero attached hydrogens (tertiary/aromatic N) is 4. The fourth-order valence-corrected chi connectivity index (χ4v) is 3.05. The van der Waals surface area contributed by atoms with Crippen LogP contribution in [-0.2, 0) is 0 Å². The van der Waals surface area contributed by atoms with Crippen LogP contribution in [0.3, 0.4) is 0 Å². The summed E-state index contributed by atoms with van der Waals surface area (Å²) in [5, 5.41) is 14.8. The zero-order chi connectivity index (χ0) is 15.4. The van der Waals surface area contributed by atoms with Gasteiger partial charge < -0.3 is 15.1 Å². The average molecular weight is 313 g/mol. The number of benzene rings is 1. The highest BCUT2D eigenvalue weighted by Crippen LogP contribution is 2.19. The highest BCUT2D eigenvalue weighted by Gasteiger charge is 2.22. The predicted octanol–water partition coefficient (Wildman–Crippen LogP) is 2.37. The molecule has 1 aliphatic rings. The third-order valence-corrected chi connectivity index (χ3v) is 4.38. The molecule has 0 bridgehead atoms. The molecule has 0 atom stereocenters. The molecule has 3 rings (SSSR count). The number of nitriles is 1. The van der Waals surface area contributed by atoms with Gasteiger partial charge in [0.25, 0.3) is 0 Å². The lowest BCUT2D eigenvalue weighted by Crippen LogP contribution is -2.50. The van der Waals surface area contributed by atoms with Gasteiger partial charge in [-0.1, -0.05) is 12.1 Å². The largest absolute Gasteiger partial charge is 0.345 e. The molecule has 2 aromatic rings. The molecule has 0 spiro atoms. The summed E-state index contributed by atoms with van der Waals surface area (Å²) >= 11 is 1.61. The third kappa shape index (κ3) is 3.02. The molecule has 0 aliphatic carbocycles. The summed E-state index contributed by atoms with van der Waals surface area (Å²) in [6.07, 6.45) is 1.79. The van der Waals surface area contributed by atoms with Gasteiger partial charge in [0, 0.05) is 37.8 Å². The normalized spacial score (nSPS) is 14.5. The number of urea groups is 1. The van der Waals surface area contributed by atoms with Crippen LogP contribution >= 0.6 is 11.3 Å². The minimum Gasteiger partial charge on any atom is -0.345 e. The number of amides is 2. The molecule has 1 fully saturated rings. The summed E-state index contributed by atoms with van der Waals surface area (Å²) in [4.78, 5) is 20.5. The van der Waals surface area contributed by atoms with Crippen LogP contribution in [-0.4, -0.2) is 42.1 Å². The summed E-state index contributed by atoms with van der Waals surface area (Å²) < 4.78 is 0. The number of nitrogens with one attached hydrogen (secondary N) is 1. The third-order valence-electron chi connectivity index (χ3n) is 3.55. The van der Waals surface area contributed by atoms with Crippen LogP contribution in [0.5, 0.6) is 0 Å². The number of aromatic nitrogens is 1. The fraction of sp³-hybridized carbons (Fsp3) is 0.267. The summed E-state index contributed by atoms with van der Waals surface area (Å²) in [5.41, 5.74) is 1.02. The van der Waals surface area contributed by atoms with Gasteiger partial charge in [-0.15, -0.1) is 11.3 Å². The van der Waals surface area contributed by atoms with Crippen molar-refractivity contribution in [3.05, 3.63) is 41.4 Å². The van der Waals surface area contributed by atoms with Gasteiger partial charge in [0.15, 0.2) is 5.13 Å². The van der Waals surface area contributed by atoms with E-state index in [1.165, 1.54) is 0 Å². The van der Waals surface area contributed by atoms with Crippen LogP contribution in [0.15, 0.2) is 35.8 Å². The van der Waals surface area contributed by atoms with E-state index in [0.717, 1.165) is 18.2 Å². The minimum absolute atomic E-state index is 0.165. The van der Waals surface area contributed by atoms with Crippen molar-refractivity contribution in [2.45, 2.75) is 0 Å². The number of rotatable bonds is 2. The fourth-order valence-electron chi connectivity index (χ4n) is 2.36. The van der Waals surface area contributed by atoms with Gasteiger partial charge >= 0.3 is 6.03 Å². The van der Waals surface area contributed by atoms with Gasteiger partial charge in [-0.2, -0.15) is 5.26 Å². The number of anilines is 2. The summed E-state index contributed by atoms with van der Waals surface area (Å²) in [5.74, 6) is 0. The molecule has 2 amide bonds. The van der Waals surface area contributed by atoms with Gasteiger partial charge in [0.2, 0.25) is 0 Å². The Morgan fingerprint density at radius 1 is 1.27 bits per heavy atom. The van der Waals surface area contributed by atoms with Gasteiger partial charge in [-0.25, -0.2) is 9.78 Å². The average Bonchev–Trinajstić information content (AvgIpc) is 3.10. The SMILES string of the molecule is N#Cc1ccccc1NC(=O)N1CCN(c2nccs2)CC1. The number of piperazine rings is 1. The number of carbonyl (C=O) groups is 1. The monoisotopic (exact) mass is 313 g/mol. The van der Waals surface area contributed by atoms with Gasteiger partial charge in [0.1, 0.15) is 6.07 Å². The van der Waals surface area contributed by atoms with E-state index in [2.05, 4.69) is 21.3 Å². The quantitative estimate of drug-likeness (QED) is 0.924. The first kappa shape index (κ1) is 14.4. The molecule has 0 saturated carbocycles. The molecular formula is C15H15N5OS. The molecule has 0 radical (unpaired) electrons. The van der Waals surface area contributed by atoms with Crippen LogP contribution in [0.1, 0.15) is 5.56 Å². The van der Waals surface area contributed by atoms with Crippen molar-refractivity contribution in [3.63, 3.8) is 0 Å². The van der Waals surface area contributed by atoms with E-state index in [1.54, 1.807) is 46.7 Å². The molecule has 2 heterocycles. The maximum Gasteiger partial charge on any atom is 0.322 e. The molecule has 1 aromatic carbocycles. The van der Waals surface area contributed by atoms with Crippen molar-refractivity contribution in [2.75, 3.05) is 36.4 Å². The zero-order valence-corrected chi connectivity index (χ0v) is 12.7. The zero-order valence-electron chi connectivity index (χ0n) is 11.9. The van der Waals surface area contributed by atoms with Crippen LogP contribution in [0.2, 0.25) is 0 Å². The Labute approximate surface area is 132 Å². The molecule has 112 valence electrons. The first-order chi connectivity index (χ1) is 10.8. The second kappa shape index (κ2) is 6.45. The molecule has 6 nitrogen and oxygen atoms in total. The number of hydrogen-bond donors (Lipinski definition) is 1. The first-order valence-corrected chi connectivity index (χ1v) is 7.85. The Kier molecular flexibility index (Phi) is 4.21. The van der Waals surface area contributed by atoms with Gasteiger partial charge in [0.05, 0.1) is 11.3 Å². The van der Waals surface area contributed by atoms with Crippen LogP contribution in [0, 0.1) is 11.3 Å². The number of para-hydroxylation sites is 1. The van der Waals surface area contributed by atoms with E-state index < -0.39 is 0 Å². The molecule has 7 heteroatoms. The molecule has 1 saturated heterocycles. The maximum absolute atomic E-state index is 12.3. The van der Waals surface area contributed by atoms with E-state index in [1.807, 2.05) is 5.38 Å². The molecule has 1 N–H and O–H groups in total. The second-order valence-electron chi connectivity index (χ2n) is 4.88. The van der Waals surface area contributed by atoms with Crippen molar-refractivity contribution in [1.82, 2.24) is 9.88 Å². The summed E-state index contributed by atoms with van der Waals surface area (Å²) in [6.45, 7) is 2.81. The van der Waals surface area contributed by atoms with Crippen LogP contribution < -0.4 is 10.2 Å². The highest BCUT2D eigenvalue weighted by atomic mass is 32.1. The molecule has 1 aromatic heterocycles. The van der Waals surface area contributed by atoms with E-state index >= 15 is 0 Å². The molecule has 1 aliphatic heterocycles. The lowest BCUT2D eigenvalue weighted by molar-refractivity contribution is 0.208. The summed E-state index contributed by atoms with van der Waals surface area (Å²) in [6, 6.07) is 8.93. The lowest BCUT2D eigenvalue weighted by atomic mass is 10.2. The number of carbonyl (C=O) groups excluding carboxylic acids is 1. The van der Waals surface area contributed by atoms with E-state index in [4.69, 9.17) is 5.26 Å². The Balaban J connectivity index is 1.59. The number of thiazole rings is 1.